The van der Waals surface area contributed by atoms with Crippen LogP contribution in [-0.4, -0.2) is 46.2 Å². The van der Waals surface area contributed by atoms with E-state index in [0.717, 1.165) is 23.3 Å². The fourth-order valence-electron chi connectivity index (χ4n) is 5.30. The number of hydrogen-bond donors (Lipinski definition) is 2. The Morgan fingerprint density at radius 1 is 1.05 bits per heavy atom. The quantitative estimate of drug-likeness (QED) is 0.381. The minimum atomic E-state index is -4.02. The predicted molar refractivity (Wildman–Crippen MR) is 157 cm³/mol. The maximum atomic E-state index is 13.5. The molecule has 3 aromatic rings. The molecule has 0 bridgehead atoms. The Balaban J connectivity index is 1.43. The number of halogens is 1. The molecule has 3 heterocycles. The van der Waals surface area contributed by atoms with E-state index >= 15 is 0 Å². The summed E-state index contributed by atoms with van der Waals surface area (Å²) in [4.78, 5) is 27.7. The molecule has 5 rings (SSSR count). The lowest BCUT2D eigenvalue weighted by Gasteiger charge is -2.33. The molecule has 1 aliphatic heterocycles. The van der Waals surface area contributed by atoms with E-state index in [1.807, 2.05) is 0 Å². The van der Waals surface area contributed by atoms with Crippen LogP contribution >= 0.6 is 22.9 Å². The lowest BCUT2D eigenvalue weighted by molar-refractivity contribution is 0.0941. The van der Waals surface area contributed by atoms with Crippen LogP contribution in [0.15, 0.2) is 50.8 Å². The van der Waals surface area contributed by atoms with Crippen LogP contribution in [0.2, 0.25) is 5.02 Å². The van der Waals surface area contributed by atoms with Gasteiger partial charge in [0.2, 0.25) is 14.9 Å². The lowest BCUT2D eigenvalue weighted by Crippen LogP contribution is -2.36. The van der Waals surface area contributed by atoms with Crippen LogP contribution in [0.25, 0.3) is 0 Å². The van der Waals surface area contributed by atoms with E-state index in [4.69, 9.17) is 16.0 Å². The first-order valence-corrected chi connectivity index (χ1v) is 17.7. The normalized spacial score (nSPS) is 20.4. The van der Waals surface area contributed by atoms with E-state index in [9.17, 15) is 26.4 Å². The van der Waals surface area contributed by atoms with Gasteiger partial charge in [-0.1, -0.05) is 32.4 Å². The first kappa shape index (κ1) is 29.8. The predicted octanol–water partition coefficient (Wildman–Crippen LogP) is 5.15. The van der Waals surface area contributed by atoms with Gasteiger partial charge in [-0.3, -0.25) is 9.59 Å². The standard InChI is InChI=1S/C28H31ClN2O7S3/c1-28(2,3)16-4-9-20-22(14-16)39-27(24(20)26(33)30-18-12-13-40(34,35)15-18)31-25(32)21-10-11-23(38-21)41(36,37)19-7-5-17(29)6-8-19/h5-8,10-11,16,18H,4,9,12-15H2,1-3H3,(H,30,33)(H,31,32). The summed E-state index contributed by atoms with van der Waals surface area (Å²) in [5.41, 5.74) is 1.25. The zero-order valence-electron chi connectivity index (χ0n) is 22.8. The number of rotatable bonds is 6. The number of sulfone groups is 2. The Labute approximate surface area is 248 Å². The van der Waals surface area contributed by atoms with Gasteiger partial charge in [-0.2, -0.15) is 0 Å². The molecule has 41 heavy (non-hydrogen) atoms. The van der Waals surface area contributed by atoms with E-state index < -0.39 is 42.6 Å². The number of furan rings is 1. The highest BCUT2D eigenvalue weighted by molar-refractivity contribution is 7.91. The summed E-state index contributed by atoms with van der Waals surface area (Å²) in [6, 6.07) is 7.57. The monoisotopic (exact) mass is 638 g/mol. The molecule has 2 aliphatic rings. The van der Waals surface area contributed by atoms with Gasteiger partial charge in [-0.05, 0) is 79.0 Å². The van der Waals surface area contributed by atoms with Crippen molar-refractivity contribution in [2.24, 2.45) is 11.3 Å². The van der Waals surface area contributed by atoms with Gasteiger partial charge < -0.3 is 15.1 Å². The number of fused-ring (bicyclic) bond motifs is 1. The second kappa shape index (κ2) is 10.9. The van der Waals surface area contributed by atoms with Gasteiger partial charge in [0.25, 0.3) is 11.8 Å². The molecule has 2 aromatic heterocycles. The number of nitrogens with one attached hydrogen (secondary N) is 2. The molecule has 2 amide bonds. The molecule has 2 unspecified atom stereocenters. The molecule has 220 valence electrons. The van der Waals surface area contributed by atoms with Crippen LogP contribution in [0.5, 0.6) is 0 Å². The maximum Gasteiger partial charge on any atom is 0.292 e. The maximum absolute atomic E-state index is 13.5. The third-order valence-corrected chi connectivity index (χ3v) is 12.5. The second-order valence-corrected chi connectivity index (χ2v) is 17.3. The van der Waals surface area contributed by atoms with Crippen molar-refractivity contribution in [1.29, 1.82) is 0 Å². The molecule has 0 radical (unpaired) electrons. The Morgan fingerprint density at radius 3 is 2.39 bits per heavy atom. The molecule has 2 atom stereocenters. The molecular formula is C28H31ClN2O7S3. The van der Waals surface area contributed by atoms with Crippen LogP contribution in [0, 0.1) is 11.3 Å². The average Bonchev–Trinajstić information content (AvgIpc) is 3.60. The van der Waals surface area contributed by atoms with E-state index in [-0.39, 0.29) is 27.6 Å². The van der Waals surface area contributed by atoms with E-state index in [0.29, 0.717) is 34.3 Å². The van der Waals surface area contributed by atoms with Gasteiger partial charge in [-0.15, -0.1) is 11.3 Å². The van der Waals surface area contributed by atoms with Gasteiger partial charge in [0.15, 0.2) is 15.6 Å². The molecule has 1 saturated heterocycles. The van der Waals surface area contributed by atoms with Crippen LogP contribution < -0.4 is 10.6 Å². The molecule has 9 nitrogen and oxygen atoms in total. The first-order chi connectivity index (χ1) is 19.1. The zero-order valence-corrected chi connectivity index (χ0v) is 26.0. The lowest BCUT2D eigenvalue weighted by atomic mass is 9.72. The number of anilines is 1. The highest BCUT2D eigenvalue weighted by Gasteiger charge is 2.36. The van der Waals surface area contributed by atoms with Crippen LogP contribution in [-0.2, 0) is 32.5 Å². The summed E-state index contributed by atoms with van der Waals surface area (Å²) < 4.78 is 55.3. The third-order valence-electron chi connectivity index (χ3n) is 7.71. The Bertz CT molecular complexity index is 1720. The number of carbonyl (C=O) groups excluding carboxylic acids is 2. The van der Waals surface area contributed by atoms with Crippen molar-refractivity contribution in [1.82, 2.24) is 5.32 Å². The van der Waals surface area contributed by atoms with Crippen molar-refractivity contribution in [3.05, 3.63) is 63.2 Å². The SMILES string of the molecule is CC(C)(C)C1CCc2c(sc(NC(=O)c3ccc(S(=O)(=O)c4ccc(Cl)cc4)o3)c2C(=O)NC2CCS(=O)(=O)C2)C1. The van der Waals surface area contributed by atoms with Gasteiger partial charge in [0.1, 0.15) is 5.00 Å². The fraction of sp³-hybridized carbons (Fsp3) is 0.429. The number of amides is 2. The van der Waals surface area contributed by atoms with Crippen molar-refractivity contribution in [3.63, 3.8) is 0 Å². The number of thiophene rings is 1. The van der Waals surface area contributed by atoms with Crippen LogP contribution in [0.4, 0.5) is 5.00 Å². The Hall–Kier alpha value is -2.67. The summed E-state index contributed by atoms with van der Waals surface area (Å²) in [6.07, 6.45) is 2.62. The minimum Gasteiger partial charge on any atom is -0.439 e. The first-order valence-electron chi connectivity index (χ1n) is 13.2. The summed E-state index contributed by atoms with van der Waals surface area (Å²) in [5.74, 6) is -1.07. The summed E-state index contributed by atoms with van der Waals surface area (Å²) in [7, 11) is -7.22. The van der Waals surface area contributed by atoms with Gasteiger partial charge in [-0.25, -0.2) is 16.8 Å². The molecule has 13 heteroatoms. The summed E-state index contributed by atoms with van der Waals surface area (Å²) >= 11 is 7.19. The molecular weight excluding hydrogens is 608 g/mol. The van der Waals surface area contributed by atoms with Crippen LogP contribution in [0.1, 0.15) is 65.0 Å². The number of carbonyl (C=O) groups is 2. The van der Waals surface area contributed by atoms with E-state index in [1.54, 1.807) is 0 Å². The third kappa shape index (κ3) is 6.25. The molecule has 1 fully saturated rings. The summed E-state index contributed by atoms with van der Waals surface area (Å²) in [6.45, 7) is 6.54. The zero-order chi connectivity index (χ0) is 29.7. The minimum absolute atomic E-state index is 0.0241. The smallest absolute Gasteiger partial charge is 0.292 e. The Kier molecular flexibility index (Phi) is 7.90. The molecule has 1 aromatic carbocycles. The number of hydrogen-bond acceptors (Lipinski definition) is 8. The van der Waals surface area contributed by atoms with Gasteiger partial charge >= 0.3 is 0 Å². The molecule has 0 spiro atoms. The molecule has 2 N–H and O–H groups in total. The molecule has 0 saturated carbocycles. The highest BCUT2D eigenvalue weighted by atomic mass is 35.5. The molecule has 1 aliphatic carbocycles. The van der Waals surface area contributed by atoms with E-state index in [2.05, 4.69) is 31.4 Å². The van der Waals surface area contributed by atoms with Crippen molar-refractivity contribution < 1.29 is 30.8 Å². The van der Waals surface area contributed by atoms with Crippen LogP contribution in [0.3, 0.4) is 0 Å². The van der Waals surface area contributed by atoms with Crippen molar-refractivity contribution in [2.75, 3.05) is 16.8 Å². The summed E-state index contributed by atoms with van der Waals surface area (Å²) in [5, 5.41) is 5.93. The van der Waals surface area contributed by atoms with Crippen molar-refractivity contribution in [2.45, 2.75) is 62.5 Å². The topological polar surface area (TPSA) is 140 Å². The fourth-order valence-corrected chi connectivity index (χ4v) is 9.59. The largest absolute Gasteiger partial charge is 0.439 e. The van der Waals surface area contributed by atoms with E-state index in [1.165, 1.54) is 47.7 Å². The van der Waals surface area contributed by atoms with Crippen molar-refractivity contribution >= 4 is 59.4 Å². The van der Waals surface area contributed by atoms with Gasteiger partial charge in [0, 0.05) is 15.9 Å². The average molecular weight is 639 g/mol. The highest BCUT2D eigenvalue weighted by Crippen LogP contribution is 2.44. The Morgan fingerprint density at radius 2 is 1.76 bits per heavy atom. The second-order valence-electron chi connectivity index (χ2n) is 11.6. The number of benzene rings is 1. The van der Waals surface area contributed by atoms with Crippen molar-refractivity contribution in [3.8, 4) is 0 Å². The van der Waals surface area contributed by atoms with Gasteiger partial charge in [0.05, 0.1) is 22.0 Å².